The van der Waals surface area contributed by atoms with E-state index in [4.69, 9.17) is 5.11 Å². The number of hydrogen-bond donors (Lipinski definition) is 1. The third-order valence-electron chi connectivity index (χ3n) is 1.31. The van der Waals surface area contributed by atoms with Crippen molar-refractivity contribution in [3.05, 3.63) is 11.6 Å². The molecule has 0 aromatic heterocycles. The molecule has 1 rings (SSSR count). The highest BCUT2D eigenvalue weighted by Gasteiger charge is 2.31. The first-order valence-electron chi connectivity index (χ1n) is 2.69. The zero-order valence-corrected chi connectivity index (χ0v) is 5.13. The average Bonchev–Trinajstić information content (AvgIpc) is 2.64. The summed E-state index contributed by atoms with van der Waals surface area (Å²) in [4.78, 5) is 10.6. The van der Waals surface area contributed by atoms with Gasteiger partial charge in [-0.2, -0.15) is 0 Å². The summed E-state index contributed by atoms with van der Waals surface area (Å²) in [6.45, 7) is -0.0280. The molecule has 1 aliphatic rings. The third kappa shape index (κ3) is 1.10. The van der Waals surface area contributed by atoms with Crippen molar-refractivity contribution in [2.24, 2.45) is 5.92 Å². The number of aliphatic hydroxyl groups excluding tert-OH is 1. The van der Waals surface area contributed by atoms with Gasteiger partial charge in [0, 0.05) is 0 Å². The Bertz CT molecular complexity index is 160. The SMILES string of the molecule is COC(=O)C1C=C1CO. The van der Waals surface area contributed by atoms with Crippen LogP contribution in [0.3, 0.4) is 0 Å². The van der Waals surface area contributed by atoms with Gasteiger partial charge in [0.2, 0.25) is 0 Å². The van der Waals surface area contributed by atoms with Crippen molar-refractivity contribution in [1.82, 2.24) is 0 Å². The second-order valence-electron chi connectivity index (χ2n) is 1.90. The predicted octanol–water partition coefficient (Wildman–Crippen LogP) is -0.292. The Hall–Kier alpha value is -0.830. The Morgan fingerprint density at radius 1 is 2.00 bits per heavy atom. The van der Waals surface area contributed by atoms with Gasteiger partial charge in [0.1, 0.15) is 0 Å². The molecule has 0 amide bonds. The molecule has 1 unspecified atom stereocenters. The van der Waals surface area contributed by atoms with Gasteiger partial charge in [0.05, 0.1) is 19.6 Å². The van der Waals surface area contributed by atoms with Crippen molar-refractivity contribution >= 4 is 5.97 Å². The molecule has 1 aliphatic carbocycles. The van der Waals surface area contributed by atoms with Crippen LogP contribution < -0.4 is 0 Å². The second-order valence-corrected chi connectivity index (χ2v) is 1.90. The predicted molar refractivity (Wildman–Crippen MR) is 30.7 cm³/mol. The lowest BCUT2D eigenvalue weighted by molar-refractivity contribution is -0.141. The van der Waals surface area contributed by atoms with Crippen molar-refractivity contribution in [2.75, 3.05) is 13.7 Å². The largest absolute Gasteiger partial charge is 0.468 e. The molecule has 0 radical (unpaired) electrons. The highest BCUT2D eigenvalue weighted by molar-refractivity contribution is 5.83. The molecule has 0 saturated heterocycles. The summed E-state index contributed by atoms with van der Waals surface area (Å²) in [6, 6.07) is 0. The zero-order valence-electron chi connectivity index (χ0n) is 5.13. The molecule has 50 valence electrons. The highest BCUT2D eigenvalue weighted by atomic mass is 16.5. The van der Waals surface area contributed by atoms with E-state index < -0.39 is 0 Å². The number of carbonyl (C=O) groups is 1. The van der Waals surface area contributed by atoms with Gasteiger partial charge < -0.3 is 9.84 Å². The van der Waals surface area contributed by atoms with Crippen LogP contribution >= 0.6 is 0 Å². The van der Waals surface area contributed by atoms with E-state index in [-0.39, 0.29) is 18.5 Å². The van der Waals surface area contributed by atoms with Crippen LogP contribution in [0.25, 0.3) is 0 Å². The molecule has 0 heterocycles. The Morgan fingerprint density at radius 3 is 3.00 bits per heavy atom. The van der Waals surface area contributed by atoms with Crippen LogP contribution in [0, 0.1) is 5.92 Å². The molecule has 3 heteroatoms. The van der Waals surface area contributed by atoms with E-state index in [2.05, 4.69) is 4.74 Å². The first-order valence-corrected chi connectivity index (χ1v) is 2.69. The van der Waals surface area contributed by atoms with E-state index in [1.807, 2.05) is 0 Å². The fourth-order valence-corrected chi connectivity index (χ4v) is 0.663. The summed E-state index contributed by atoms with van der Waals surface area (Å²) >= 11 is 0. The maximum atomic E-state index is 10.6. The van der Waals surface area contributed by atoms with Gasteiger partial charge in [-0.05, 0) is 5.57 Å². The van der Waals surface area contributed by atoms with E-state index in [1.54, 1.807) is 6.08 Å². The number of hydrogen-bond acceptors (Lipinski definition) is 3. The third-order valence-corrected chi connectivity index (χ3v) is 1.31. The summed E-state index contributed by atoms with van der Waals surface area (Å²) < 4.78 is 4.40. The van der Waals surface area contributed by atoms with Gasteiger partial charge in [-0.15, -0.1) is 0 Å². The van der Waals surface area contributed by atoms with Crippen LogP contribution in [-0.4, -0.2) is 24.8 Å². The normalized spacial score (nSPS) is 22.9. The molecule has 0 spiro atoms. The van der Waals surface area contributed by atoms with Crippen LogP contribution in [0.5, 0.6) is 0 Å². The first-order chi connectivity index (χ1) is 4.29. The lowest BCUT2D eigenvalue weighted by Crippen LogP contribution is -2.05. The van der Waals surface area contributed by atoms with E-state index >= 15 is 0 Å². The lowest BCUT2D eigenvalue weighted by Gasteiger charge is -1.94. The Labute approximate surface area is 52.9 Å². The van der Waals surface area contributed by atoms with Crippen molar-refractivity contribution < 1.29 is 14.6 Å². The van der Waals surface area contributed by atoms with Crippen molar-refractivity contribution in [2.45, 2.75) is 0 Å². The topological polar surface area (TPSA) is 46.5 Å². The summed E-state index contributed by atoms with van der Waals surface area (Å²) in [7, 11) is 1.34. The minimum absolute atomic E-state index is 0.0280. The van der Waals surface area contributed by atoms with Gasteiger partial charge in [0.25, 0.3) is 0 Å². The highest BCUT2D eigenvalue weighted by Crippen LogP contribution is 2.28. The van der Waals surface area contributed by atoms with E-state index in [0.29, 0.717) is 0 Å². The van der Waals surface area contributed by atoms with Crippen molar-refractivity contribution in [3.8, 4) is 0 Å². The summed E-state index contributed by atoms with van der Waals surface area (Å²) in [5.74, 6) is -0.501. The number of rotatable bonds is 2. The Morgan fingerprint density at radius 2 is 2.67 bits per heavy atom. The monoisotopic (exact) mass is 128 g/mol. The summed E-state index contributed by atoms with van der Waals surface area (Å²) in [6.07, 6.45) is 1.69. The zero-order chi connectivity index (χ0) is 6.85. The molecule has 0 fully saturated rings. The summed E-state index contributed by atoms with van der Waals surface area (Å²) in [5, 5.41) is 8.44. The maximum Gasteiger partial charge on any atom is 0.316 e. The number of ether oxygens (including phenoxy) is 1. The molecule has 0 bridgehead atoms. The smallest absolute Gasteiger partial charge is 0.316 e. The van der Waals surface area contributed by atoms with Crippen LogP contribution in [0.15, 0.2) is 11.6 Å². The molecule has 1 atom stereocenters. The quantitative estimate of drug-likeness (QED) is 0.410. The van der Waals surface area contributed by atoms with Crippen LogP contribution in [0.4, 0.5) is 0 Å². The molecule has 9 heavy (non-hydrogen) atoms. The van der Waals surface area contributed by atoms with Gasteiger partial charge in [-0.3, -0.25) is 4.79 Å². The van der Waals surface area contributed by atoms with Crippen LogP contribution in [-0.2, 0) is 9.53 Å². The lowest BCUT2D eigenvalue weighted by atomic mass is 10.3. The number of carbonyl (C=O) groups excluding carboxylic acids is 1. The van der Waals surface area contributed by atoms with Crippen LogP contribution in [0.2, 0.25) is 0 Å². The maximum absolute atomic E-state index is 10.6. The number of methoxy groups -OCH3 is 1. The Balaban J connectivity index is 2.29. The molecule has 0 aliphatic heterocycles. The van der Waals surface area contributed by atoms with Crippen LogP contribution in [0.1, 0.15) is 0 Å². The summed E-state index contributed by atoms with van der Waals surface area (Å²) in [5.41, 5.74) is 0.766. The van der Waals surface area contributed by atoms with Gasteiger partial charge >= 0.3 is 5.97 Å². The van der Waals surface area contributed by atoms with Gasteiger partial charge in [-0.25, -0.2) is 0 Å². The minimum Gasteiger partial charge on any atom is -0.468 e. The van der Waals surface area contributed by atoms with Crippen molar-refractivity contribution in [1.29, 1.82) is 0 Å². The number of aliphatic hydroxyl groups is 1. The van der Waals surface area contributed by atoms with E-state index in [1.165, 1.54) is 7.11 Å². The molecule has 0 aromatic carbocycles. The van der Waals surface area contributed by atoms with E-state index in [0.717, 1.165) is 5.57 Å². The molecule has 3 nitrogen and oxygen atoms in total. The second kappa shape index (κ2) is 2.19. The van der Waals surface area contributed by atoms with Gasteiger partial charge in [-0.1, -0.05) is 6.08 Å². The van der Waals surface area contributed by atoms with Crippen molar-refractivity contribution in [3.63, 3.8) is 0 Å². The standard InChI is InChI=1S/C6H8O3/c1-9-6(8)5-2-4(5)3-7/h2,5,7H,3H2,1H3. The average molecular weight is 128 g/mol. The Kier molecular flexibility index (Phi) is 1.53. The fourth-order valence-electron chi connectivity index (χ4n) is 0.663. The molecular weight excluding hydrogens is 120 g/mol. The number of esters is 1. The fraction of sp³-hybridized carbons (Fsp3) is 0.500. The van der Waals surface area contributed by atoms with Gasteiger partial charge in [0.15, 0.2) is 0 Å². The van der Waals surface area contributed by atoms with E-state index in [9.17, 15) is 4.79 Å². The first kappa shape index (κ1) is 6.29. The molecule has 1 N–H and O–H groups in total. The molecule has 0 aromatic rings. The molecular formula is C6H8O3. The molecule has 0 saturated carbocycles. The minimum atomic E-state index is -0.279.